The molecule has 0 N–H and O–H groups in total. The lowest BCUT2D eigenvalue weighted by molar-refractivity contribution is 0.103. The van der Waals surface area contributed by atoms with E-state index < -0.39 is 0 Å². The van der Waals surface area contributed by atoms with Crippen LogP contribution in [0.1, 0.15) is 33.0 Å². The highest BCUT2D eigenvalue weighted by atomic mass is 19.1. The first-order valence-electron chi connectivity index (χ1n) is 7.54. The normalized spacial score (nSPS) is 11.5. The smallest absolute Gasteiger partial charge is 0.193 e. The van der Waals surface area contributed by atoms with Gasteiger partial charge >= 0.3 is 0 Å². The Hall–Kier alpha value is -3.25. The molecule has 0 aliphatic heterocycles. The molecular weight excluding hydrogens is 301 g/mol. The standard InChI is InChI=1S/C21H14FNO/c22-19-12-10-18(11-13-19)21(24)17-8-6-16(7-9-17)20(14-23)15-4-2-1-3-5-15/h1-13,20H/t20-/m0/s1. The zero-order valence-electron chi connectivity index (χ0n) is 12.8. The fraction of sp³-hybridized carbons (Fsp3) is 0.0476. The monoisotopic (exact) mass is 315 g/mol. The minimum absolute atomic E-state index is 0.172. The van der Waals surface area contributed by atoms with E-state index in [1.165, 1.54) is 24.3 Å². The zero-order valence-corrected chi connectivity index (χ0v) is 12.8. The topological polar surface area (TPSA) is 40.9 Å². The number of carbonyl (C=O) groups is 1. The fourth-order valence-electron chi connectivity index (χ4n) is 2.58. The van der Waals surface area contributed by atoms with Gasteiger partial charge in [-0.3, -0.25) is 4.79 Å². The number of benzene rings is 3. The van der Waals surface area contributed by atoms with Crippen LogP contribution >= 0.6 is 0 Å². The molecule has 1 atom stereocenters. The molecule has 3 rings (SSSR count). The van der Waals surface area contributed by atoms with Gasteiger partial charge in [0.15, 0.2) is 5.78 Å². The summed E-state index contributed by atoms with van der Waals surface area (Å²) in [5.41, 5.74) is 2.69. The van der Waals surface area contributed by atoms with Crippen molar-refractivity contribution in [3.05, 3.63) is 107 Å². The lowest BCUT2D eigenvalue weighted by Gasteiger charge is -2.10. The molecule has 0 unspecified atom stereocenters. The van der Waals surface area contributed by atoms with Gasteiger partial charge in [0.1, 0.15) is 5.82 Å². The third-order valence-electron chi connectivity index (χ3n) is 3.87. The summed E-state index contributed by atoms with van der Waals surface area (Å²) >= 11 is 0. The van der Waals surface area contributed by atoms with Crippen LogP contribution in [0.5, 0.6) is 0 Å². The highest BCUT2D eigenvalue weighted by Crippen LogP contribution is 2.24. The van der Waals surface area contributed by atoms with Crippen molar-refractivity contribution in [3.63, 3.8) is 0 Å². The largest absolute Gasteiger partial charge is 0.289 e. The predicted molar refractivity (Wildman–Crippen MR) is 90.2 cm³/mol. The summed E-state index contributed by atoms with van der Waals surface area (Å²) in [4.78, 5) is 12.4. The molecule has 3 aromatic carbocycles. The summed E-state index contributed by atoms with van der Waals surface area (Å²) in [7, 11) is 0. The van der Waals surface area contributed by atoms with E-state index in [-0.39, 0.29) is 17.5 Å². The second-order valence-electron chi connectivity index (χ2n) is 5.43. The summed E-state index contributed by atoms with van der Waals surface area (Å²) in [5.74, 6) is -0.919. The van der Waals surface area contributed by atoms with Crippen LogP contribution in [0.15, 0.2) is 78.9 Å². The maximum absolute atomic E-state index is 13.0. The molecule has 0 saturated carbocycles. The second-order valence-corrected chi connectivity index (χ2v) is 5.43. The number of hydrogen-bond donors (Lipinski definition) is 0. The third-order valence-corrected chi connectivity index (χ3v) is 3.87. The first-order chi connectivity index (χ1) is 11.7. The molecule has 3 heteroatoms. The Morgan fingerprint density at radius 1 is 0.792 bits per heavy atom. The van der Waals surface area contributed by atoms with Crippen molar-refractivity contribution in [3.8, 4) is 6.07 Å². The maximum Gasteiger partial charge on any atom is 0.193 e. The van der Waals surface area contributed by atoms with Gasteiger partial charge in [-0.05, 0) is 35.4 Å². The van der Waals surface area contributed by atoms with Crippen LogP contribution in [0, 0.1) is 17.1 Å². The van der Waals surface area contributed by atoms with Crippen LogP contribution in [0.3, 0.4) is 0 Å². The van der Waals surface area contributed by atoms with Crippen molar-refractivity contribution >= 4 is 5.78 Å². The van der Waals surface area contributed by atoms with E-state index in [1.807, 2.05) is 30.3 Å². The maximum atomic E-state index is 13.0. The summed E-state index contributed by atoms with van der Waals surface area (Å²) in [6.45, 7) is 0. The molecule has 0 aliphatic carbocycles. The third kappa shape index (κ3) is 3.23. The van der Waals surface area contributed by atoms with E-state index in [2.05, 4.69) is 6.07 Å². The van der Waals surface area contributed by atoms with Crippen LogP contribution in [-0.4, -0.2) is 5.78 Å². The Labute approximate surface area is 139 Å². The Bertz CT molecular complexity index is 878. The van der Waals surface area contributed by atoms with Gasteiger partial charge in [0.25, 0.3) is 0 Å². The average Bonchev–Trinajstić information content (AvgIpc) is 2.64. The van der Waals surface area contributed by atoms with E-state index in [9.17, 15) is 14.4 Å². The minimum atomic E-state index is -0.374. The average molecular weight is 315 g/mol. The molecule has 0 saturated heterocycles. The highest BCUT2D eigenvalue weighted by molar-refractivity contribution is 6.08. The van der Waals surface area contributed by atoms with Crippen LogP contribution in [0.4, 0.5) is 4.39 Å². The van der Waals surface area contributed by atoms with Crippen LogP contribution in [0.25, 0.3) is 0 Å². The molecule has 0 bridgehead atoms. The summed E-state index contributed by atoms with van der Waals surface area (Å²) in [6, 6.07) is 24.3. The molecular formula is C21H14FNO. The van der Waals surface area contributed by atoms with E-state index >= 15 is 0 Å². The quantitative estimate of drug-likeness (QED) is 0.654. The van der Waals surface area contributed by atoms with Crippen LogP contribution in [-0.2, 0) is 0 Å². The zero-order chi connectivity index (χ0) is 16.9. The molecule has 116 valence electrons. The van der Waals surface area contributed by atoms with Gasteiger partial charge in [-0.2, -0.15) is 5.26 Å². The molecule has 0 spiro atoms. The number of hydrogen-bond acceptors (Lipinski definition) is 2. The molecule has 0 heterocycles. The van der Waals surface area contributed by atoms with Crippen molar-refractivity contribution in [1.29, 1.82) is 5.26 Å². The lowest BCUT2D eigenvalue weighted by atomic mass is 9.91. The number of rotatable bonds is 4. The lowest BCUT2D eigenvalue weighted by Crippen LogP contribution is -2.03. The fourth-order valence-corrected chi connectivity index (χ4v) is 2.58. The van der Waals surface area contributed by atoms with Crippen molar-refractivity contribution in [2.75, 3.05) is 0 Å². The molecule has 0 fully saturated rings. The molecule has 0 radical (unpaired) electrons. The molecule has 0 amide bonds. The van der Waals surface area contributed by atoms with Gasteiger partial charge < -0.3 is 0 Å². The number of halogens is 1. The van der Waals surface area contributed by atoms with Crippen molar-refractivity contribution < 1.29 is 9.18 Å². The molecule has 0 aliphatic rings. The number of nitriles is 1. The SMILES string of the molecule is N#C[C@@H](c1ccccc1)c1ccc(C(=O)c2ccc(F)cc2)cc1. The number of nitrogens with zero attached hydrogens (tertiary/aromatic N) is 1. The molecule has 24 heavy (non-hydrogen) atoms. The van der Waals surface area contributed by atoms with E-state index in [0.717, 1.165) is 11.1 Å². The van der Waals surface area contributed by atoms with Crippen molar-refractivity contribution in [2.45, 2.75) is 5.92 Å². The first kappa shape index (κ1) is 15.6. The molecule has 0 aromatic heterocycles. The van der Waals surface area contributed by atoms with Crippen molar-refractivity contribution in [1.82, 2.24) is 0 Å². The van der Waals surface area contributed by atoms with Gasteiger partial charge in [-0.15, -0.1) is 0 Å². The van der Waals surface area contributed by atoms with Gasteiger partial charge in [0.2, 0.25) is 0 Å². The van der Waals surface area contributed by atoms with Crippen molar-refractivity contribution in [2.24, 2.45) is 0 Å². The second kappa shape index (κ2) is 6.89. The Balaban J connectivity index is 1.86. The summed E-state index contributed by atoms with van der Waals surface area (Å²) in [6.07, 6.45) is 0. The van der Waals surface area contributed by atoms with E-state index in [0.29, 0.717) is 11.1 Å². The van der Waals surface area contributed by atoms with E-state index in [1.54, 1.807) is 24.3 Å². The Kier molecular flexibility index (Phi) is 4.49. The summed E-state index contributed by atoms with van der Waals surface area (Å²) < 4.78 is 13.0. The Morgan fingerprint density at radius 2 is 1.29 bits per heavy atom. The minimum Gasteiger partial charge on any atom is -0.289 e. The van der Waals surface area contributed by atoms with Crippen LogP contribution in [0.2, 0.25) is 0 Å². The molecule has 2 nitrogen and oxygen atoms in total. The number of ketones is 1. The highest BCUT2D eigenvalue weighted by Gasteiger charge is 2.14. The number of carbonyl (C=O) groups excluding carboxylic acids is 1. The predicted octanol–water partition coefficient (Wildman–Crippen LogP) is 4.71. The van der Waals surface area contributed by atoms with Gasteiger partial charge in [0, 0.05) is 11.1 Å². The van der Waals surface area contributed by atoms with Crippen LogP contribution < -0.4 is 0 Å². The van der Waals surface area contributed by atoms with Gasteiger partial charge in [0.05, 0.1) is 12.0 Å². The Morgan fingerprint density at radius 3 is 1.83 bits per heavy atom. The first-order valence-corrected chi connectivity index (χ1v) is 7.54. The summed E-state index contributed by atoms with van der Waals surface area (Å²) in [5, 5.41) is 9.46. The molecule has 3 aromatic rings. The van der Waals surface area contributed by atoms with E-state index in [4.69, 9.17) is 0 Å². The van der Waals surface area contributed by atoms with Gasteiger partial charge in [-0.1, -0.05) is 54.6 Å². The van der Waals surface area contributed by atoms with Gasteiger partial charge in [-0.25, -0.2) is 4.39 Å².